The van der Waals surface area contributed by atoms with E-state index in [0.717, 1.165) is 18.5 Å². The Hall–Kier alpha value is -2.44. The lowest BCUT2D eigenvalue weighted by atomic mass is 9.92. The second-order valence-corrected chi connectivity index (χ2v) is 8.19. The standard InChI is InChI=1S/C19H27N5O2/c1-13-10-20-12-24(17(13)25)11-14-5-7-23(8-6-14)18(26)15-9-16(22-21-15)19(2,3)4/h9-10,12,14H,5-8,11H2,1-4H3,(H,21,22). The van der Waals surface area contributed by atoms with Gasteiger partial charge >= 0.3 is 0 Å². The average molecular weight is 357 g/mol. The molecule has 0 unspecified atom stereocenters. The van der Waals surface area contributed by atoms with Gasteiger partial charge in [-0.2, -0.15) is 5.10 Å². The van der Waals surface area contributed by atoms with Crippen molar-refractivity contribution in [1.29, 1.82) is 0 Å². The second-order valence-electron chi connectivity index (χ2n) is 8.19. The van der Waals surface area contributed by atoms with Gasteiger partial charge in [0.05, 0.1) is 6.33 Å². The van der Waals surface area contributed by atoms with Gasteiger partial charge in [0.1, 0.15) is 5.69 Å². The fraction of sp³-hybridized carbons (Fsp3) is 0.579. The molecule has 1 saturated heterocycles. The SMILES string of the molecule is Cc1cncn(CC2CCN(C(=O)c3cc(C(C)(C)C)[nH]n3)CC2)c1=O. The van der Waals surface area contributed by atoms with E-state index in [1.54, 1.807) is 24.0 Å². The maximum Gasteiger partial charge on any atom is 0.274 e. The van der Waals surface area contributed by atoms with Crippen molar-refractivity contribution >= 4 is 5.91 Å². The number of H-pyrrole nitrogens is 1. The van der Waals surface area contributed by atoms with Crippen LogP contribution in [0.4, 0.5) is 0 Å². The second kappa shape index (κ2) is 7.05. The molecule has 2 aromatic heterocycles. The summed E-state index contributed by atoms with van der Waals surface area (Å²) in [7, 11) is 0. The van der Waals surface area contributed by atoms with Crippen molar-refractivity contribution in [2.24, 2.45) is 5.92 Å². The predicted molar refractivity (Wildman–Crippen MR) is 99.1 cm³/mol. The van der Waals surface area contributed by atoms with E-state index in [-0.39, 0.29) is 16.9 Å². The summed E-state index contributed by atoms with van der Waals surface area (Å²) in [6, 6.07) is 1.85. The molecule has 1 aliphatic heterocycles. The highest BCUT2D eigenvalue weighted by Gasteiger charge is 2.27. The van der Waals surface area contributed by atoms with Gasteiger partial charge in [0.25, 0.3) is 11.5 Å². The Labute approximate surface area is 153 Å². The number of aromatic nitrogens is 4. The first-order valence-corrected chi connectivity index (χ1v) is 9.12. The van der Waals surface area contributed by atoms with Crippen LogP contribution in [0.1, 0.15) is 55.4 Å². The Balaban J connectivity index is 1.60. The highest BCUT2D eigenvalue weighted by Crippen LogP contribution is 2.23. The van der Waals surface area contributed by atoms with Crippen LogP contribution in [-0.2, 0) is 12.0 Å². The molecule has 7 nitrogen and oxygen atoms in total. The molecule has 0 bridgehead atoms. The zero-order valence-electron chi connectivity index (χ0n) is 16.0. The monoisotopic (exact) mass is 357 g/mol. The van der Waals surface area contributed by atoms with Crippen LogP contribution in [0.15, 0.2) is 23.4 Å². The highest BCUT2D eigenvalue weighted by atomic mass is 16.2. The van der Waals surface area contributed by atoms with E-state index in [9.17, 15) is 9.59 Å². The molecule has 3 rings (SSSR count). The smallest absolute Gasteiger partial charge is 0.274 e. The van der Waals surface area contributed by atoms with E-state index in [2.05, 4.69) is 36.0 Å². The summed E-state index contributed by atoms with van der Waals surface area (Å²) in [6.45, 7) is 10.1. The van der Waals surface area contributed by atoms with Crippen LogP contribution in [0.2, 0.25) is 0 Å². The minimum absolute atomic E-state index is 0.0183. The lowest BCUT2D eigenvalue weighted by Gasteiger charge is -2.31. The van der Waals surface area contributed by atoms with Gasteiger partial charge in [-0.25, -0.2) is 4.98 Å². The van der Waals surface area contributed by atoms with Gasteiger partial charge in [-0.1, -0.05) is 20.8 Å². The van der Waals surface area contributed by atoms with Gasteiger partial charge in [0.2, 0.25) is 0 Å². The van der Waals surface area contributed by atoms with Crippen LogP contribution in [-0.4, -0.2) is 43.6 Å². The summed E-state index contributed by atoms with van der Waals surface area (Å²) in [6.07, 6.45) is 4.95. The molecule has 1 aliphatic rings. The zero-order valence-corrected chi connectivity index (χ0v) is 16.0. The molecule has 3 heterocycles. The largest absolute Gasteiger partial charge is 0.337 e. The number of carbonyl (C=O) groups excluding carboxylic acids is 1. The minimum Gasteiger partial charge on any atom is -0.337 e. The number of likely N-dealkylation sites (tertiary alicyclic amines) is 1. The van der Waals surface area contributed by atoms with Crippen LogP contribution in [0.25, 0.3) is 0 Å². The van der Waals surface area contributed by atoms with E-state index in [4.69, 9.17) is 0 Å². The maximum atomic E-state index is 12.7. The van der Waals surface area contributed by atoms with Crippen molar-refractivity contribution in [3.8, 4) is 0 Å². The zero-order chi connectivity index (χ0) is 18.9. The Kier molecular flexibility index (Phi) is 4.98. The van der Waals surface area contributed by atoms with Crippen molar-refractivity contribution in [1.82, 2.24) is 24.6 Å². The molecular weight excluding hydrogens is 330 g/mol. The van der Waals surface area contributed by atoms with Crippen molar-refractivity contribution in [3.05, 3.63) is 45.9 Å². The molecule has 0 spiro atoms. The Bertz CT molecular complexity index is 838. The van der Waals surface area contributed by atoms with Crippen LogP contribution < -0.4 is 5.56 Å². The number of amides is 1. The molecule has 1 N–H and O–H groups in total. The number of aromatic amines is 1. The number of nitrogens with one attached hydrogen (secondary N) is 1. The molecule has 1 fully saturated rings. The van der Waals surface area contributed by atoms with Gasteiger partial charge in [-0.15, -0.1) is 0 Å². The molecule has 7 heteroatoms. The molecule has 0 aromatic carbocycles. The van der Waals surface area contributed by atoms with Crippen molar-refractivity contribution in [2.45, 2.75) is 52.5 Å². The molecule has 0 atom stereocenters. The van der Waals surface area contributed by atoms with E-state index in [0.29, 0.717) is 36.8 Å². The fourth-order valence-corrected chi connectivity index (χ4v) is 3.26. The van der Waals surface area contributed by atoms with Gasteiger partial charge in [0, 0.05) is 42.5 Å². The highest BCUT2D eigenvalue weighted by molar-refractivity contribution is 5.92. The van der Waals surface area contributed by atoms with Crippen LogP contribution in [0.5, 0.6) is 0 Å². The molecule has 140 valence electrons. The normalized spacial score (nSPS) is 16.1. The first-order valence-electron chi connectivity index (χ1n) is 9.12. The lowest BCUT2D eigenvalue weighted by Crippen LogP contribution is -2.40. The lowest BCUT2D eigenvalue weighted by molar-refractivity contribution is 0.0676. The molecule has 26 heavy (non-hydrogen) atoms. The van der Waals surface area contributed by atoms with Gasteiger partial charge in [-0.3, -0.25) is 19.3 Å². The number of piperidine rings is 1. The minimum atomic E-state index is -0.0619. The summed E-state index contributed by atoms with van der Waals surface area (Å²) in [5, 5.41) is 7.17. The number of hydrogen-bond donors (Lipinski definition) is 1. The number of rotatable bonds is 3. The third kappa shape index (κ3) is 3.86. The topological polar surface area (TPSA) is 83.9 Å². The third-order valence-electron chi connectivity index (χ3n) is 5.03. The first-order chi connectivity index (χ1) is 12.3. The quantitative estimate of drug-likeness (QED) is 0.912. The summed E-state index contributed by atoms with van der Waals surface area (Å²) < 4.78 is 1.68. The average Bonchev–Trinajstić information content (AvgIpc) is 3.09. The molecule has 2 aromatic rings. The van der Waals surface area contributed by atoms with Crippen molar-refractivity contribution in [3.63, 3.8) is 0 Å². The molecular formula is C19H27N5O2. The third-order valence-corrected chi connectivity index (χ3v) is 5.03. The molecule has 0 radical (unpaired) electrons. The van der Waals surface area contributed by atoms with Crippen molar-refractivity contribution in [2.75, 3.05) is 13.1 Å². The number of aryl methyl sites for hydroxylation is 1. The molecule has 0 saturated carbocycles. The maximum absolute atomic E-state index is 12.7. The Morgan fingerprint density at radius 1 is 1.31 bits per heavy atom. The van der Waals surface area contributed by atoms with Crippen LogP contribution in [0, 0.1) is 12.8 Å². The summed E-state index contributed by atoms with van der Waals surface area (Å²) in [5.41, 5.74) is 2.06. The van der Waals surface area contributed by atoms with E-state index in [1.807, 2.05) is 11.0 Å². The number of nitrogens with zero attached hydrogens (tertiary/aromatic N) is 4. The first kappa shape index (κ1) is 18.4. The van der Waals surface area contributed by atoms with E-state index >= 15 is 0 Å². The molecule has 0 aliphatic carbocycles. The van der Waals surface area contributed by atoms with E-state index < -0.39 is 0 Å². The summed E-state index contributed by atoms with van der Waals surface area (Å²) in [4.78, 5) is 30.8. The Morgan fingerprint density at radius 3 is 2.62 bits per heavy atom. The Morgan fingerprint density at radius 2 is 2.00 bits per heavy atom. The van der Waals surface area contributed by atoms with Gasteiger partial charge in [0.15, 0.2) is 0 Å². The summed E-state index contributed by atoms with van der Waals surface area (Å²) >= 11 is 0. The fourth-order valence-electron chi connectivity index (χ4n) is 3.26. The van der Waals surface area contributed by atoms with Crippen molar-refractivity contribution < 1.29 is 4.79 Å². The summed E-state index contributed by atoms with van der Waals surface area (Å²) in [5.74, 6) is 0.356. The number of carbonyl (C=O) groups is 1. The van der Waals surface area contributed by atoms with Crippen LogP contribution >= 0.6 is 0 Å². The van der Waals surface area contributed by atoms with Crippen LogP contribution in [0.3, 0.4) is 0 Å². The van der Waals surface area contributed by atoms with Gasteiger partial charge in [-0.05, 0) is 31.7 Å². The predicted octanol–water partition coefficient (Wildman–Crippen LogP) is 2.12. The van der Waals surface area contributed by atoms with Gasteiger partial charge < -0.3 is 4.90 Å². The molecule has 1 amide bonds. The van der Waals surface area contributed by atoms with E-state index in [1.165, 1.54) is 0 Å². The number of hydrogen-bond acceptors (Lipinski definition) is 4.